The van der Waals surface area contributed by atoms with Gasteiger partial charge in [-0.2, -0.15) is 17.9 Å². The van der Waals surface area contributed by atoms with Crippen LogP contribution in [0.4, 0.5) is 17.6 Å². The Bertz CT molecular complexity index is 1600. The van der Waals surface area contributed by atoms with Gasteiger partial charge in [0, 0.05) is 12.7 Å². The Labute approximate surface area is 202 Å². The van der Waals surface area contributed by atoms with Gasteiger partial charge in [0.15, 0.2) is 5.82 Å². The number of fused-ring (bicyclic) bond motifs is 1. The van der Waals surface area contributed by atoms with Crippen LogP contribution in [0.25, 0.3) is 22.1 Å². The molecule has 0 aliphatic heterocycles. The van der Waals surface area contributed by atoms with Gasteiger partial charge in [0.25, 0.3) is 5.56 Å². The van der Waals surface area contributed by atoms with Crippen molar-refractivity contribution in [1.29, 1.82) is 0 Å². The smallest absolute Gasteiger partial charge is 0.388 e. The predicted molar refractivity (Wildman–Crippen MR) is 126 cm³/mol. The van der Waals surface area contributed by atoms with Crippen LogP contribution in [0, 0.1) is 12.7 Å². The molecule has 0 aliphatic rings. The minimum absolute atomic E-state index is 0.0344. The van der Waals surface area contributed by atoms with E-state index < -0.39 is 41.0 Å². The first-order valence-electron chi connectivity index (χ1n) is 11.2. The van der Waals surface area contributed by atoms with E-state index in [0.717, 1.165) is 41.3 Å². The number of aromatic nitrogens is 4. The van der Waals surface area contributed by atoms with E-state index in [1.54, 1.807) is 38.1 Å². The highest BCUT2D eigenvalue weighted by Gasteiger charge is 2.49. The van der Waals surface area contributed by atoms with E-state index in [2.05, 4.69) is 5.10 Å². The SMILES string of the molecule is CCn1c(CO)nn(-c2cc3c(C(C)(C)C(F)(F)F)cn(-c4ccccc4C)c(=O)c3cc2F)c1=O. The summed E-state index contributed by atoms with van der Waals surface area (Å²) in [5.41, 5.74) is -3.64. The lowest BCUT2D eigenvalue weighted by molar-refractivity contribution is -0.179. The van der Waals surface area contributed by atoms with Gasteiger partial charge < -0.3 is 5.11 Å². The van der Waals surface area contributed by atoms with Crippen molar-refractivity contribution in [2.45, 2.75) is 52.4 Å². The summed E-state index contributed by atoms with van der Waals surface area (Å²) in [6, 6.07) is 8.53. The average Bonchev–Trinajstić information content (AvgIpc) is 3.14. The highest BCUT2D eigenvalue weighted by molar-refractivity contribution is 5.88. The van der Waals surface area contributed by atoms with Gasteiger partial charge in [-0.3, -0.25) is 13.9 Å². The molecule has 0 amide bonds. The molecule has 0 fully saturated rings. The number of aliphatic hydroxyl groups excluding tert-OH is 1. The van der Waals surface area contributed by atoms with Crippen molar-refractivity contribution in [2.24, 2.45) is 0 Å². The summed E-state index contributed by atoms with van der Waals surface area (Å²) in [4.78, 5) is 26.2. The normalized spacial score (nSPS) is 12.5. The van der Waals surface area contributed by atoms with Crippen molar-refractivity contribution in [2.75, 3.05) is 0 Å². The molecule has 0 spiro atoms. The zero-order chi connectivity index (χ0) is 26.6. The van der Waals surface area contributed by atoms with Gasteiger partial charge in [-0.25, -0.2) is 9.18 Å². The molecule has 1 N–H and O–H groups in total. The van der Waals surface area contributed by atoms with Crippen LogP contribution in [-0.4, -0.2) is 30.2 Å². The zero-order valence-corrected chi connectivity index (χ0v) is 20.0. The first-order valence-corrected chi connectivity index (χ1v) is 11.2. The summed E-state index contributed by atoms with van der Waals surface area (Å²) in [7, 11) is 0. The fourth-order valence-electron chi connectivity index (χ4n) is 4.20. The second-order valence-electron chi connectivity index (χ2n) is 8.99. The minimum Gasteiger partial charge on any atom is -0.388 e. The second kappa shape index (κ2) is 8.74. The van der Waals surface area contributed by atoms with Crippen LogP contribution in [-0.2, 0) is 18.6 Å². The van der Waals surface area contributed by atoms with Gasteiger partial charge in [0.2, 0.25) is 0 Å². The lowest BCUT2D eigenvalue weighted by Gasteiger charge is -2.30. The maximum Gasteiger partial charge on any atom is 0.397 e. The number of aliphatic hydroxyl groups is 1. The minimum atomic E-state index is -4.72. The van der Waals surface area contributed by atoms with E-state index in [0.29, 0.717) is 15.9 Å². The summed E-state index contributed by atoms with van der Waals surface area (Å²) < 4.78 is 60.9. The number of halogens is 4. The molecule has 11 heteroatoms. The van der Waals surface area contributed by atoms with Crippen molar-refractivity contribution in [3.63, 3.8) is 0 Å². The fraction of sp³-hybridized carbons (Fsp3) is 0.320. The topological polar surface area (TPSA) is 82.0 Å². The first-order chi connectivity index (χ1) is 16.8. The number of hydrogen-bond acceptors (Lipinski definition) is 4. The van der Waals surface area contributed by atoms with Crippen molar-refractivity contribution in [3.8, 4) is 11.4 Å². The number of rotatable bonds is 5. The standard InChI is InChI=1S/C25H24F4N4O3/c1-5-31-21(13-34)30-33(23(31)36)20-11-15-16(10-18(20)26)22(35)32(19-9-7-6-8-14(19)2)12-17(15)24(3,4)25(27,28)29/h6-12,34H,5,13H2,1-4H3. The molecule has 0 bridgehead atoms. The zero-order valence-electron chi connectivity index (χ0n) is 20.0. The Kier molecular flexibility index (Phi) is 6.16. The molecular weight excluding hydrogens is 480 g/mol. The third kappa shape index (κ3) is 3.83. The molecule has 7 nitrogen and oxygen atoms in total. The molecule has 4 aromatic rings. The molecule has 4 rings (SSSR count). The maximum atomic E-state index is 15.3. The molecule has 190 valence electrons. The fourth-order valence-corrected chi connectivity index (χ4v) is 4.20. The molecule has 0 aliphatic carbocycles. The molecule has 0 saturated heterocycles. The Morgan fingerprint density at radius 1 is 1.03 bits per heavy atom. The average molecular weight is 504 g/mol. The van der Waals surface area contributed by atoms with Crippen LogP contribution < -0.4 is 11.2 Å². The number of hydrogen-bond donors (Lipinski definition) is 1. The van der Waals surface area contributed by atoms with Gasteiger partial charge in [-0.1, -0.05) is 18.2 Å². The Hall–Kier alpha value is -3.73. The molecule has 36 heavy (non-hydrogen) atoms. The van der Waals surface area contributed by atoms with Crippen LogP contribution in [0.3, 0.4) is 0 Å². The monoisotopic (exact) mass is 504 g/mol. The second-order valence-corrected chi connectivity index (χ2v) is 8.99. The number of para-hydroxylation sites is 1. The first kappa shape index (κ1) is 25.4. The van der Waals surface area contributed by atoms with Crippen LogP contribution in [0.15, 0.2) is 52.2 Å². The third-order valence-corrected chi connectivity index (χ3v) is 6.47. The quantitative estimate of drug-likeness (QED) is 0.415. The van der Waals surface area contributed by atoms with Gasteiger partial charge in [-0.15, -0.1) is 5.10 Å². The summed E-state index contributed by atoms with van der Waals surface area (Å²) in [5, 5.41) is 13.0. The predicted octanol–water partition coefficient (Wildman–Crippen LogP) is 4.14. The van der Waals surface area contributed by atoms with Crippen LogP contribution in [0.5, 0.6) is 0 Å². The number of benzene rings is 2. The van der Waals surface area contributed by atoms with Crippen LogP contribution in [0.2, 0.25) is 0 Å². The van der Waals surface area contributed by atoms with E-state index in [4.69, 9.17) is 0 Å². The van der Waals surface area contributed by atoms with E-state index in [1.165, 1.54) is 0 Å². The van der Waals surface area contributed by atoms with Crippen molar-refractivity contribution >= 4 is 10.8 Å². The van der Waals surface area contributed by atoms with E-state index in [-0.39, 0.29) is 28.7 Å². The largest absolute Gasteiger partial charge is 0.397 e. The summed E-state index contributed by atoms with van der Waals surface area (Å²) >= 11 is 0. The molecule has 2 aromatic heterocycles. The summed E-state index contributed by atoms with van der Waals surface area (Å²) in [6.45, 7) is 4.82. The molecule has 0 unspecified atom stereocenters. The number of alkyl halides is 3. The van der Waals surface area contributed by atoms with E-state index in [1.807, 2.05) is 0 Å². The number of nitrogens with zero attached hydrogens (tertiary/aromatic N) is 4. The van der Waals surface area contributed by atoms with Gasteiger partial charge >= 0.3 is 11.9 Å². The molecule has 0 saturated carbocycles. The molecular formula is C25H24F4N4O3. The van der Waals surface area contributed by atoms with Crippen molar-refractivity contribution in [1.82, 2.24) is 18.9 Å². The van der Waals surface area contributed by atoms with Gasteiger partial charge in [0.05, 0.1) is 16.5 Å². The summed E-state index contributed by atoms with van der Waals surface area (Å²) in [6.07, 6.45) is -3.60. The highest BCUT2D eigenvalue weighted by atomic mass is 19.4. The molecule has 0 atom stereocenters. The Morgan fingerprint density at radius 2 is 1.69 bits per heavy atom. The summed E-state index contributed by atoms with van der Waals surface area (Å²) in [5.74, 6) is -1.06. The van der Waals surface area contributed by atoms with E-state index >= 15 is 4.39 Å². The lowest BCUT2D eigenvalue weighted by Crippen LogP contribution is -2.38. The number of aryl methyl sites for hydroxylation is 1. The Morgan fingerprint density at radius 3 is 2.25 bits per heavy atom. The van der Waals surface area contributed by atoms with Gasteiger partial charge in [0.1, 0.15) is 18.1 Å². The Balaban J connectivity index is 2.15. The van der Waals surface area contributed by atoms with Gasteiger partial charge in [-0.05, 0) is 62.4 Å². The molecule has 0 radical (unpaired) electrons. The molecule has 2 heterocycles. The third-order valence-electron chi connectivity index (χ3n) is 6.47. The maximum absolute atomic E-state index is 15.3. The number of pyridine rings is 1. The van der Waals surface area contributed by atoms with Crippen molar-refractivity contribution in [3.05, 3.63) is 86.2 Å². The highest BCUT2D eigenvalue weighted by Crippen LogP contribution is 2.43. The van der Waals surface area contributed by atoms with Crippen LogP contribution in [0.1, 0.15) is 37.7 Å². The van der Waals surface area contributed by atoms with E-state index in [9.17, 15) is 27.9 Å². The van der Waals surface area contributed by atoms with Crippen LogP contribution >= 0.6 is 0 Å². The lowest BCUT2D eigenvalue weighted by atomic mass is 9.82. The van der Waals surface area contributed by atoms with Crippen molar-refractivity contribution < 1.29 is 22.7 Å². The molecule has 2 aromatic carbocycles.